The number of ether oxygens (including phenoxy) is 3. The van der Waals surface area contributed by atoms with Gasteiger partial charge in [-0.2, -0.15) is 0 Å². The van der Waals surface area contributed by atoms with Crippen molar-refractivity contribution >= 4 is 29.1 Å². The third kappa shape index (κ3) is 5.16. The van der Waals surface area contributed by atoms with E-state index in [1.807, 2.05) is 0 Å². The van der Waals surface area contributed by atoms with Gasteiger partial charge in [0.15, 0.2) is 4.80 Å². The number of furan rings is 1. The molecule has 2 aromatic carbocycles. The molecule has 0 N–H and O–H groups in total. The number of allylic oxidation sites excluding steroid dienone is 1. The van der Waals surface area contributed by atoms with Crippen LogP contribution in [0, 0.1) is 10.1 Å². The molecule has 2 aromatic heterocycles. The van der Waals surface area contributed by atoms with Crippen LogP contribution in [-0.4, -0.2) is 36.3 Å². The van der Waals surface area contributed by atoms with Crippen molar-refractivity contribution in [2.24, 2.45) is 4.99 Å². The summed E-state index contributed by atoms with van der Waals surface area (Å²) in [6, 6.07) is 14.0. The summed E-state index contributed by atoms with van der Waals surface area (Å²) in [5, 5.41) is 11.6. The molecule has 5 rings (SSSR count). The van der Waals surface area contributed by atoms with Crippen LogP contribution in [0.2, 0.25) is 0 Å². The average molecular weight is 576 g/mol. The maximum absolute atomic E-state index is 13.8. The van der Waals surface area contributed by atoms with Gasteiger partial charge in [-0.3, -0.25) is 19.5 Å². The van der Waals surface area contributed by atoms with E-state index in [0.29, 0.717) is 37.9 Å². The van der Waals surface area contributed by atoms with Crippen molar-refractivity contribution < 1.29 is 28.3 Å². The van der Waals surface area contributed by atoms with Crippen LogP contribution in [0.3, 0.4) is 0 Å². The first-order valence-electron chi connectivity index (χ1n) is 12.5. The minimum atomic E-state index is -0.771. The van der Waals surface area contributed by atoms with Gasteiger partial charge in [-0.15, -0.1) is 0 Å². The normalized spacial score (nSPS) is 14.8. The predicted octanol–water partition coefficient (Wildman–Crippen LogP) is 3.98. The van der Waals surface area contributed by atoms with Crippen molar-refractivity contribution in [3.05, 3.63) is 107 Å². The highest BCUT2D eigenvalue weighted by Gasteiger charge is 2.33. The molecule has 0 saturated carbocycles. The zero-order valence-corrected chi connectivity index (χ0v) is 23.4. The van der Waals surface area contributed by atoms with Crippen LogP contribution in [0.1, 0.15) is 31.2 Å². The number of rotatable bonds is 8. The Hall–Kier alpha value is -4.97. The molecule has 1 aliphatic heterocycles. The van der Waals surface area contributed by atoms with E-state index in [1.165, 1.54) is 17.7 Å². The molecule has 0 spiro atoms. The fraction of sp³-hybridized carbons (Fsp3) is 0.207. The van der Waals surface area contributed by atoms with E-state index in [-0.39, 0.29) is 34.8 Å². The highest BCUT2D eigenvalue weighted by Crippen LogP contribution is 2.35. The smallest absolute Gasteiger partial charge is 0.338 e. The number of methoxy groups -OCH3 is 2. The quantitative estimate of drug-likeness (QED) is 0.175. The molecule has 41 heavy (non-hydrogen) atoms. The molecule has 4 aromatic rings. The Morgan fingerprint density at radius 2 is 1.83 bits per heavy atom. The summed E-state index contributed by atoms with van der Waals surface area (Å²) in [7, 11) is 2.98. The van der Waals surface area contributed by atoms with E-state index in [9.17, 15) is 19.7 Å². The fourth-order valence-electron chi connectivity index (χ4n) is 4.60. The number of hydrogen-bond acceptors (Lipinski definition) is 10. The molecule has 0 amide bonds. The number of aromatic nitrogens is 1. The number of hydrogen-bond donors (Lipinski definition) is 0. The summed E-state index contributed by atoms with van der Waals surface area (Å²) < 4.78 is 23.4. The number of nitro benzene ring substituents is 1. The highest BCUT2D eigenvalue weighted by atomic mass is 32.1. The zero-order valence-electron chi connectivity index (χ0n) is 22.6. The lowest BCUT2D eigenvalue weighted by Gasteiger charge is -2.24. The molecule has 3 heterocycles. The Morgan fingerprint density at radius 1 is 1.12 bits per heavy atom. The van der Waals surface area contributed by atoms with Crippen molar-refractivity contribution in [1.82, 2.24) is 4.57 Å². The zero-order chi connectivity index (χ0) is 29.3. The first-order valence-corrected chi connectivity index (χ1v) is 13.3. The standard InChI is InChI=1S/C29H25N3O8S/c1-5-39-28(34)25-16(2)30-29-31(26(25)17-6-8-18(37-3)9-7-17)27(33)24(41-29)15-20-11-13-23(40-20)21-12-10-19(38-4)14-22(21)32(35)36/h6-15,26H,5H2,1-4H3/b24-15+/t26-/m1/s1. The molecule has 1 atom stereocenters. The molecule has 210 valence electrons. The Bertz CT molecular complexity index is 1860. The maximum Gasteiger partial charge on any atom is 0.338 e. The summed E-state index contributed by atoms with van der Waals surface area (Å²) in [4.78, 5) is 42.9. The second kappa shape index (κ2) is 11.3. The second-order valence-corrected chi connectivity index (χ2v) is 9.93. The van der Waals surface area contributed by atoms with Gasteiger partial charge in [0.25, 0.3) is 11.2 Å². The van der Waals surface area contributed by atoms with E-state index >= 15 is 0 Å². The summed E-state index contributed by atoms with van der Waals surface area (Å²) in [6.45, 7) is 3.59. The van der Waals surface area contributed by atoms with Gasteiger partial charge >= 0.3 is 5.97 Å². The Balaban J connectivity index is 1.62. The van der Waals surface area contributed by atoms with E-state index in [2.05, 4.69) is 4.99 Å². The van der Waals surface area contributed by atoms with E-state index in [0.717, 1.165) is 11.3 Å². The Morgan fingerprint density at radius 3 is 2.49 bits per heavy atom. The highest BCUT2D eigenvalue weighted by molar-refractivity contribution is 7.07. The lowest BCUT2D eigenvalue weighted by Crippen LogP contribution is -2.39. The van der Waals surface area contributed by atoms with E-state index < -0.39 is 16.9 Å². The van der Waals surface area contributed by atoms with Gasteiger partial charge in [-0.05, 0) is 55.8 Å². The molecule has 11 nitrogen and oxygen atoms in total. The SMILES string of the molecule is CCOC(=O)C1=C(C)N=c2s/c(=C/c3ccc(-c4ccc(OC)cc4[N+](=O)[O-])o3)c(=O)n2[C@@H]1c1ccc(OC)cc1. The van der Waals surface area contributed by atoms with Crippen LogP contribution in [0.15, 0.2) is 80.1 Å². The molecule has 0 unspecified atom stereocenters. The summed E-state index contributed by atoms with van der Waals surface area (Å²) >= 11 is 1.14. The van der Waals surface area contributed by atoms with Gasteiger partial charge in [-0.1, -0.05) is 23.5 Å². The third-order valence-corrected chi connectivity index (χ3v) is 7.50. The lowest BCUT2D eigenvalue weighted by molar-refractivity contribution is -0.384. The van der Waals surface area contributed by atoms with Crippen molar-refractivity contribution in [1.29, 1.82) is 0 Å². The molecule has 0 aliphatic carbocycles. The number of nitro groups is 1. The monoisotopic (exact) mass is 575 g/mol. The maximum atomic E-state index is 13.8. The summed E-state index contributed by atoms with van der Waals surface area (Å²) in [5.74, 6) is 0.996. The van der Waals surface area contributed by atoms with Crippen molar-refractivity contribution in [3.8, 4) is 22.8 Å². The minimum absolute atomic E-state index is 0.169. The number of fused-ring (bicyclic) bond motifs is 1. The molecular formula is C29H25N3O8S. The molecular weight excluding hydrogens is 550 g/mol. The summed E-state index contributed by atoms with van der Waals surface area (Å²) in [5.41, 5.74) is 1.12. The van der Waals surface area contributed by atoms with Crippen LogP contribution in [0.25, 0.3) is 17.4 Å². The first kappa shape index (κ1) is 27.6. The topological polar surface area (TPSA) is 135 Å². The van der Waals surface area contributed by atoms with Gasteiger partial charge in [0.1, 0.15) is 23.0 Å². The van der Waals surface area contributed by atoms with Crippen molar-refractivity contribution in [2.75, 3.05) is 20.8 Å². The minimum Gasteiger partial charge on any atom is -0.497 e. The van der Waals surface area contributed by atoms with Gasteiger partial charge in [-0.25, -0.2) is 9.79 Å². The largest absolute Gasteiger partial charge is 0.497 e. The molecule has 1 aliphatic rings. The Labute approximate surface area is 237 Å². The van der Waals surface area contributed by atoms with E-state index in [4.69, 9.17) is 18.6 Å². The number of carbonyl (C=O) groups is 1. The van der Waals surface area contributed by atoms with Gasteiger partial charge in [0.05, 0.1) is 59.2 Å². The third-order valence-electron chi connectivity index (χ3n) is 6.52. The van der Waals surface area contributed by atoms with Crippen LogP contribution in [0.5, 0.6) is 11.5 Å². The molecule has 0 fully saturated rings. The molecule has 0 radical (unpaired) electrons. The first-order chi connectivity index (χ1) is 19.7. The Kier molecular flexibility index (Phi) is 7.58. The molecule has 0 saturated heterocycles. The van der Waals surface area contributed by atoms with Gasteiger partial charge in [0, 0.05) is 6.08 Å². The van der Waals surface area contributed by atoms with Crippen LogP contribution in [-0.2, 0) is 9.53 Å². The van der Waals surface area contributed by atoms with E-state index in [1.54, 1.807) is 75.6 Å². The van der Waals surface area contributed by atoms with Crippen LogP contribution in [0.4, 0.5) is 5.69 Å². The summed E-state index contributed by atoms with van der Waals surface area (Å²) in [6.07, 6.45) is 1.55. The average Bonchev–Trinajstić information content (AvgIpc) is 3.56. The number of benzene rings is 2. The fourth-order valence-corrected chi connectivity index (χ4v) is 5.62. The number of thiazole rings is 1. The number of carbonyl (C=O) groups excluding carboxylic acids is 1. The molecule has 12 heteroatoms. The number of esters is 1. The van der Waals surface area contributed by atoms with Gasteiger partial charge in [0.2, 0.25) is 0 Å². The van der Waals surface area contributed by atoms with Crippen molar-refractivity contribution in [2.45, 2.75) is 19.9 Å². The molecule has 0 bridgehead atoms. The van der Waals surface area contributed by atoms with Crippen LogP contribution < -0.4 is 24.4 Å². The van der Waals surface area contributed by atoms with Crippen molar-refractivity contribution in [3.63, 3.8) is 0 Å². The number of nitrogens with zero attached hydrogens (tertiary/aromatic N) is 3. The second-order valence-electron chi connectivity index (χ2n) is 8.92. The lowest BCUT2D eigenvalue weighted by atomic mass is 9.96. The van der Waals surface area contributed by atoms with Gasteiger partial charge < -0.3 is 18.6 Å². The van der Waals surface area contributed by atoms with Crippen LogP contribution >= 0.6 is 11.3 Å². The predicted molar refractivity (Wildman–Crippen MR) is 151 cm³/mol.